The van der Waals surface area contributed by atoms with Crippen LogP contribution in [0.4, 0.5) is 11.4 Å². The van der Waals surface area contributed by atoms with E-state index in [0.717, 1.165) is 0 Å². The minimum absolute atomic E-state index is 0.0988. The van der Waals surface area contributed by atoms with Gasteiger partial charge in [0.25, 0.3) is 0 Å². The van der Waals surface area contributed by atoms with Gasteiger partial charge in [-0.25, -0.2) is 0 Å². The van der Waals surface area contributed by atoms with Crippen LogP contribution in [0.25, 0.3) is 0 Å². The average molecular weight is 324 g/mol. The van der Waals surface area contributed by atoms with Crippen LogP contribution in [0.5, 0.6) is 5.75 Å². The molecule has 0 aliphatic rings. The second-order valence-corrected chi connectivity index (χ2v) is 4.57. The van der Waals surface area contributed by atoms with E-state index in [9.17, 15) is 10.1 Å². The van der Waals surface area contributed by atoms with Crippen molar-refractivity contribution in [2.24, 2.45) is 0 Å². The van der Waals surface area contributed by atoms with Crippen molar-refractivity contribution in [2.75, 3.05) is 5.73 Å². The number of anilines is 1. The van der Waals surface area contributed by atoms with Crippen molar-refractivity contribution in [1.29, 1.82) is 0 Å². The molecule has 0 spiro atoms. The maximum Gasteiger partial charge on any atom is 0.312 e. The molecule has 0 saturated carbocycles. The van der Waals surface area contributed by atoms with E-state index in [1.807, 2.05) is 0 Å². The van der Waals surface area contributed by atoms with Gasteiger partial charge in [0.05, 0.1) is 15.1 Å². The number of hydrogen-bond donors (Lipinski definition) is 1. The topological polar surface area (TPSA) is 91.3 Å². The second kappa shape index (κ2) is 5.66. The first-order valence-electron chi connectivity index (χ1n) is 5.34. The Bertz CT molecular complexity index is 619. The first-order valence-corrected chi connectivity index (χ1v) is 6.13. The molecule has 0 aliphatic heterocycles. The highest BCUT2D eigenvalue weighted by Crippen LogP contribution is 2.35. The quantitative estimate of drug-likeness (QED) is 0.690. The normalized spacial score (nSPS) is 10.2. The summed E-state index contributed by atoms with van der Waals surface area (Å²) in [5.74, 6) is 0.178. The molecule has 7 heteroatoms. The third kappa shape index (κ3) is 3.19. The lowest BCUT2D eigenvalue weighted by atomic mass is 10.3. The van der Waals surface area contributed by atoms with Gasteiger partial charge in [-0.3, -0.25) is 15.1 Å². The van der Waals surface area contributed by atoms with Gasteiger partial charge in [0.15, 0.2) is 0 Å². The average Bonchev–Trinajstić information content (AvgIpc) is 2.37. The Morgan fingerprint density at radius 1 is 1.42 bits per heavy atom. The Kier molecular flexibility index (Phi) is 3.96. The van der Waals surface area contributed by atoms with E-state index in [4.69, 9.17) is 10.5 Å². The molecular weight excluding hydrogens is 314 g/mol. The number of pyridine rings is 1. The van der Waals surface area contributed by atoms with E-state index in [1.165, 1.54) is 6.07 Å². The second-order valence-electron chi connectivity index (χ2n) is 3.71. The number of benzene rings is 1. The minimum Gasteiger partial charge on any atom is -0.480 e. The number of para-hydroxylation sites is 1. The van der Waals surface area contributed by atoms with Crippen LogP contribution < -0.4 is 10.5 Å². The van der Waals surface area contributed by atoms with Crippen molar-refractivity contribution in [2.45, 2.75) is 6.61 Å². The third-order valence-electron chi connectivity index (χ3n) is 2.35. The van der Waals surface area contributed by atoms with Crippen LogP contribution in [0.15, 0.2) is 41.0 Å². The molecule has 2 rings (SSSR count). The van der Waals surface area contributed by atoms with Crippen LogP contribution in [-0.4, -0.2) is 9.91 Å². The molecule has 1 aromatic heterocycles. The fraction of sp³-hybridized carbons (Fsp3) is 0.0833. The summed E-state index contributed by atoms with van der Waals surface area (Å²) in [4.78, 5) is 14.5. The minimum atomic E-state index is -0.493. The lowest BCUT2D eigenvalue weighted by molar-refractivity contribution is -0.386. The van der Waals surface area contributed by atoms with E-state index in [0.29, 0.717) is 15.9 Å². The number of halogens is 1. The van der Waals surface area contributed by atoms with Crippen molar-refractivity contribution < 1.29 is 9.66 Å². The van der Waals surface area contributed by atoms with E-state index >= 15 is 0 Å². The van der Waals surface area contributed by atoms with E-state index in [-0.39, 0.29) is 18.0 Å². The van der Waals surface area contributed by atoms with E-state index < -0.39 is 4.92 Å². The van der Waals surface area contributed by atoms with Gasteiger partial charge >= 0.3 is 5.69 Å². The maximum absolute atomic E-state index is 10.9. The Morgan fingerprint density at radius 3 is 2.89 bits per heavy atom. The predicted octanol–water partition coefficient (Wildman–Crippen LogP) is 2.91. The Morgan fingerprint density at radius 2 is 2.21 bits per heavy atom. The standard InChI is InChI=1S/C12H10BrN3O3/c13-10-2-1-3-11(16(17)18)12(10)19-7-9-6-8(14)4-5-15-9/h1-6H,7H2,(H2,14,15). The summed E-state index contributed by atoms with van der Waals surface area (Å²) in [6.45, 7) is 0.106. The zero-order chi connectivity index (χ0) is 13.8. The summed E-state index contributed by atoms with van der Waals surface area (Å²) < 4.78 is 5.98. The van der Waals surface area contributed by atoms with Gasteiger partial charge in [0.2, 0.25) is 5.75 Å². The number of nitro benzene ring substituents is 1. The molecule has 0 saturated heterocycles. The first-order chi connectivity index (χ1) is 9.08. The van der Waals surface area contributed by atoms with Crippen molar-refractivity contribution in [1.82, 2.24) is 4.98 Å². The van der Waals surface area contributed by atoms with Gasteiger partial charge in [-0.15, -0.1) is 0 Å². The number of nitrogens with zero attached hydrogens (tertiary/aromatic N) is 2. The highest BCUT2D eigenvalue weighted by molar-refractivity contribution is 9.10. The lowest BCUT2D eigenvalue weighted by Gasteiger charge is -2.08. The van der Waals surface area contributed by atoms with Gasteiger partial charge in [-0.2, -0.15) is 0 Å². The molecule has 0 aliphatic carbocycles. The summed E-state index contributed by atoms with van der Waals surface area (Å²) in [5.41, 5.74) is 6.69. The summed E-state index contributed by atoms with van der Waals surface area (Å²) in [6.07, 6.45) is 1.56. The molecule has 1 heterocycles. The van der Waals surface area contributed by atoms with Crippen LogP contribution in [0.3, 0.4) is 0 Å². The van der Waals surface area contributed by atoms with Crippen LogP contribution >= 0.6 is 15.9 Å². The molecule has 6 nitrogen and oxygen atoms in total. The molecule has 0 amide bonds. The Hall–Kier alpha value is -2.15. The Labute approximate surface area is 117 Å². The fourth-order valence-corrected chi connectivity index (χ4v) is 1.98. The largest absolute Gasteiger partial charge is 0.480 e. The zero-order valence-corrected chi connectivity index (χ0v) is 11.3. The number of aromatic nitrogens is 1. The van der Waals surface area contributed by atoms with Crippen molar-refractivity contribution in [3.05, 3.63) is 56.8 Å². The third-order valence-corrected chi connectivity index (χ3v) is 2.97. The number of nitro groups is 1. The van der Waals surface area contributed by atoms with Crippen LogP contribution in [0.2, 0.25) is 0 Å². The van der Waals surface area contributed by atoms with Gasteiger partial charge in [0, 0.05) is 18.0 Å². The molecule has 0 fully saturated rings. The highest BCUT2D eigenvalue weighted by atomic mass is 79.9. The van der Waals surface area contributed by atoms with Crippen LogP contribution in [-0.2, 0) is 6.61 Å². The maximum atomic E-state index is 10.9. The van der Waals surface area contributed by atoms with E-state index in [1.54, 1.807) is 30.5 Å². The van der Waals surface area contributed by atoms with E-state index in [2.05, 4.69) is 20.9 Å². The van der Waals surface area contributed by atoms with Crippen molar-refractivity contribution in [3.8, 4) is 5.75 Å². The number of nitrogen functional groups attached to an aromatic ring is 1. The Balaban J connectivity index is 2.22. The zero-order valence-electron chi connectivity index (χ0n) is 9.75. The van der Waals surface area contributed by atoms with Gasteiger partial charge < -0.3 is 10.5 Å². The molecule has 2 aromatic rings. The molecule has 2 N–H and O–H groups in total. The molecule has 0 unspecified atom stereocenters. The SMILES string of the molecule is Nc1ccnc(COc2c(Br)cccc2[N+](=O)[O-])c1. The first kappa shape index (κ1) is 13.3. The van der Waals surface area contributed by atoms with Crippen molar-refractivity contribution >= 4 is 27.3 Å². The fourth-order valence-electron chi connectivity index (χ4n) is 1.51. The summed E-state index contributed by atoms with van der Waals surface area (Å²) in [6, 6.07) is 7.95. The van der Waals surface area contributed by atoms with Gasteiger partial charge in [0.1, 0.15) is 6.61 Å². The van der Waals surface area contributed by atoms with Crippen molar-refractivity contribution in [3.63, 3.8) is 0 Å². The monoisotopic (exact) mass is 323 g/mol. The molecule has 98 valence electrons. The summed E-state index contributed by atoms with van der Waals surface area (Å²) >= 11 is 3.23. The molecule has 0 radical (unpaired) electrons. The number of ether oxygens (including phenoxy) is 1. The number of rotatable bonds is 4. The summed E-state index contributed by atoms with van der Waals surface area (Å²) in [5, 5.41) is 10.9. The van der Waals surface area contributed by atoms with Crippen LogP contribution in [0, 0.1) is 10.1 Å². The molecular formula is C12H10BrN3O3. The smallest absolute Gasteiger partial charge is 0.312 e. The van der Waals surface area contributed by atoms with Gasteiger partial charge in [-0.1, -0.05) is 6.07 Å². The molecule has 1 aromatic carbocycles. The lowest BCUT2D eigenvalue weighted by Crippen LogP contribution is -2.02. The van der Waals surface area contributed by atoms with Crippen LogP contribution in [0.1, 0.15) is 5.69 Å². The molecule has 0 bridgehead atoms. The number of hydrogen-bond acceptors (Lipinski definition) is 5. The van der Waals surface area contributed by atoms with Gasteiger partial charge in [-0.05, 0) is 34.1 Å². The summed E-state index contributed by atoms with van der Waals surface area (Å²) in [7, 11) is 0. The molecule has 0 atom stereocenters. The highest BCUT2D eigenvalue weighted by Gasteiger charge is 2.18. The molecule has 19 heavy (non-hydrogen) atoms. The number of nitrogens with two attached hydrogens (primary N) is 1. The predicted molar refractivity (Wildman–Crippen MR) is 73.8 cm³/mol.